The molecule has 3 nitrogen and oxygen atoms in total. The van der Waals surface area contributed by atoms with E-state index in [0.717, 1.165) is 15.4 Å². The number of hydrogen-bond donors (Lipinski definition) is 3. The monoisotopic (exact) mass is 247 g/mol. The molecular weight excluding hydrogens is 234 g/mol. The fourth-order valence-corrected chi connectivity index (χ4v) is 2.32. The highest BCUT2D eigenvalue weighted by Crippen LogP contribution is 2.36. The zero-order valence-corrected chi connectivity index (χ0v) is 10.2. The molecule has 2 aromatic carbocycles. The van der Waals surface area contributed by atoms with Gasteiger partial charge in [-0.25, -0.2) is 0 Å². The summed E-state index contributed by atoms with van der Waals surface area (Å²) in [6.45, 7) is 1.84. The van der Waals surface area contributed by atoms with Gasteiger partial charge in [-0.05, 0) is 42.8 Å². The number of anilines is 1. The summed E-state index contributed by atoms with van der Waals surface area (Å²) in [4.78, 5) is 1.65. The number of benzene rings is 2. The molecular formula is C13H13NO2S. The lowest BCUT2D eigenvalue weighted by Gasteiger charge is -2.07. The number of aryl methyl sites for hydroxylation is 1. The average molecular weight is 247 g/mol. The summed E-state index contributed by atoms with van der Waals surface area (Å²) >= 11 is 1.41. The van der Waals surface area contributed by atoms with E-state index in [1.807, 2.05) is 19.1 Å². The minimum atomic E-state index is 0.179. The molecule has 0 heterocycles. The molecule has 2 rings (SSSR count). The van der Waals surface area contributed by atoms with Crippen LogP contribution in [0.4, 0.5) is 5.69 Å². The molecule has 0 atom stereocenters. The first-order valence-electron chi connectivity index (χ1n) is 5.12. The fourth-order valence-electron chi connectivity index (χ4n) is 1.39. The third kappa shape index (κ3) is 2.65. The van der Waals surface area contributed by atoms with E-state index >= 15 is 0 Å². The van der Waals surface area contributed by atoms with Crippen LogP contribution in [0.3, 0.4) is 0 Å². The van der Waals surface area contributed by atoms with Gasteiger partial charge < -0.3 is 15.9 Å². The van der Waals surface area contributed by atoms with E-state index in [1.165, 1.54) is 11.8 Å². The zero-order chi connectivity index (χ0) is 12.4. The van der Waals surface area contributed by atoms with Gasteiger partial charge in [-0.1, -0.05) is 17.8 Å². The van der Waals surface area contributed by atoms with E-state index < -0.39 is 0 Å². The number of phenolic OH excluding ortho intramolecular Hbond substituents is 2. The van der Waals surface area contributed by atoms with E-state index in [2.05, 4.69) is 0 Å². The van der Waals surface area contributed by atoms with Crippen LogP contribution in [0.2, 0.25) is 0 Å². The maximum atomic E-state index is 9.61. The molecule has 0 aliphatic rings. The number of phenols is 2. The van der Waals surface area contributed by atoms with Gasteiger partial charge in [0.1, 0.15) is 11.5 Å². The van der Waals surface area contributed by atoms with Crippen molar-refractivity contribution in [2.75, 3.05) is 5.73 Å². The third-order valence-electron chi connectivity index (χ3n) is 2.41. The lowest BCUT2D eigenvalue weighted by Crippen LogP contribution is -1.87. The third-order valence-corrected chi connectivity index (χ3v) is 3.47. The lowest BCUT2D eigenvalue weighted by atomic mass is 10.2. The molecule has 0 aliphatic carbocycles. The Bertz CT molecular complexity index is 555. The first-order valence-corrected chi connectivity index (χ1v) is 5.94. The van der Waals surface area contributed by atoms with Gasteiger partial charge in [-0.15, -0.1) is 0 Å². The predicted molar refractivity (Wildman–Crippen MR) is 69.5 cm³/mol. The molecule has 4 N–H and O–H groups in total. The molecule has 0 unspecified atom stereocenters. The first kappa shape index (κ1) is 11.7. The van der Waals surface area contributed by atoms with E-state index in [0.29, 0.717) is 5.69 Å². The predicted octanol–water partition coefficient (Wildman–Crippen LogP) is 3.14. The molecule has 0 saturated carbocycles. The smallest absolute Gasteiger partial charge is 0.119 e. The first-order chi connectivity index (χ1) is 8.06. The standard InChI is InChI=1S/C13H13NO2S/c1-8-2-4-10(7-12(8)16)17-13-6-9(15)3-5-11(13)14/h2-7,15-16H,14H2,1H3. The van der Waals surface area contributed by atoms with Crippen LogP contribution in [0.5, 0.6) is 11.5 Å². The van der Waals surface area contributed by atoms with Crippen molar-refractivity contribution in [3.63, 3.8) is 0 Å². The van der Waals surface area contributed by atoms with Crippen molar-refractivity contribution in [3.05, 3.63) is 42.0 Å². The Kier molecular flexibility index (Phi) is 3.15. The SMILES string of the molecule is Cc1ccc(Sc2cc(O)ccc2N)cc1O. The Labute approximate surface area is 104 Å². The Morgan fingerprint density at radius 2 is 1.82 bits per heavy atom. The van der Waals surface area contributed by atoms with Gasteiger partial charge in [-0.3, -0.25) is 0 Å². The maximum absolute atomic E-state index is 9.61. The van der Waals surface area contributed by atoms with Crippen molar-refractivity contribution >= 4 is 17.4 Å². The summed E-state index contributed by atoms with van der Waals surface area (Å²) in [5.41, 5.74) is 7.25. The topological polar surface area (TPSA) is 66.5 Å². The summed E-state index contributed by atoms with van der Waals surface area (Å²) < 4.78 is 0. The summed E-state index contributed by atoms with van der Waals surface area (Å²) in [6.07, 6.45) is 0. The number of rotatable bonds is 2. The average Bonchev–Trinajstić information content (AvgIpc) is 2.29. The van der Waals surface area contributed by atoms with Crippen LogP contribution < -0.4 is 5.73 Å². The molecule has 0 aliphatic heterocycles. The highest BCUT2D eigenvalue weighted by molar-refractivity contribution is 7.99. The lowest BCUT2D eigenvalue weighted by molar-refractivity contribution is 0.469. The van der Waals surface area contributed by atoms with Crippen molar-refractivity contribution in [2.45, 2.75) is 16.7 Å². The molecule has 0 aromatic heterocycles. The second-order valence-corrected chi connectivity index (χ2v) is 4.89. The summed E-state index contributed by atoms with van der Waals surface area (Å²) in [7, 11) is 0. The van der Waals surface area contributed by atoms with Gasteiger partial charge in [0.25, 0.3) is 0 Å². The van der Waals surface area contributed by atoms with E-state index in [9.17, 15) is 10.2 Å². The maximum Gasteiger partial charge on any atom is 0.119 e. The van der Waals surface area contributed by atoms with Crippen molar-refractivity contribution < 1.29 is 10.2 Å². The molecule has 0 fully saturated rings. The van der Waals surface area contributed by atoms with Crippen LogP contribution in [0.15, 0.2) is 46.2 Å². The van der Waals surface area contributed by atoms with Gasteiger partial charge in [0.2, 0.25) is 0 Å². The van der Waals surface area contributed by atoms with Gasteiger partial charge >= 0.3 is 0 Å². The molecule has 0 radical (unpaired) electrons. The van der Waals surface area contributed by atoms with Crippen LogP contribution in [0.1, 0.15) is 5.56 Å². The van der Waals surface area contributed by atoms with Crippen molar-refractivity contribution in [1.29, 1.82) is 0 Å². The quantitative estimate of drug-likeness (QED) is 0.563. The number of aromatic hydroxyl groups is 2. The highest BCUT2D eigenvalue weighted by Gasteiger charge is 2.05. The summed E-state index contributed by atoms with van der Waals surface area (Å²) in [5.74, 6) is 0.437. The summed E-state index contributed by atoms with van der Waals surface area (Å²) in [5, 5.41) is 19.0. The van der Waals surface area contributed by atoms with Crippen LogP contribution in [0.25, 0.3) is 0 Å². The number of hydrogen-bond acceptors (Lipinski definition) is 4. The van der Waals surface area contributed by atoms with Crippen LogP contribution in [0, 0.1) is 6.92 Å². The minimum Gasteiger partial charge on any atom is -0.508 e. The normalized spacial score (nSPS) is 10.4. The summed E-state index contributed by atoms with van der Waals surface area (Å²) in [6, 6.07) is 10.2. The van der Waals surface area contributed by atoms with Gasteiger partial charge in [0, 0.05) is 15.5 Å². The molecule has 0 amide bonds. The zero-order valence-electron chi connectivity index (χ0n) is 9.34. The molecule has 4 heteroatoms. The van der Waals surface area contributed by atoms with Crippen molar-refractivity contribution in [1.82, 2.24) is 0 Å². The Balaban J connectivity index is 2.31. The number of nitrogens with two attached hydrogens (primary N) is 1. The molecule has 0 saturated heterocycles. The molecule has 2 aromatic rings. The minimum absolute atomic E-state index is 0.179. The largest absolute Gasteiger partial charge is 0.508 e. The molecule has 88 valence electrons. The van der Waals surface area contributed by atoms with Crippen molar-refractivity contribution in [3.8, 4) is 11.5 Å². The second kappa shape index (κ2) is 4.59. The fraction of sp³-hybridized carbons (Fsp3) is 0.0769. The Morgan fingerprint density at radius 1 is 1.06 bits per heavy atom. The van der Waals surface area contributed by atoms with Gasteiger partial charge in [0.05, 0.1) is 0 Å². The van der Waals surface area contributed by atoms with Crippen molar-refractivity contribution in [2.24, 2.45) is 0 Å². The Hall–Kier alpha value is -1.81. The molecule has 0 bridgehead atoms. The van der Waals surface area contributed by atoms with E-state index in [-0.39, 0.29) is 11.5 Å². The van der Waals surface area contributed by atoms with Crippen LogP contribution in [-0.4, -0.2) is 10.2 Å². The Morgan fingerprint density at radius 3 is 2.53 bits per heavy atom. The second-order valence-electron chi connectivity index (χ2n) is 3.77. The van der Waals surface area contributed by atoms with Gasteiger partial charge in [-0.2, -0.15) is 0 Å². The van der Waals surface area contributed by atoms with Crippen LogP contribution in [-0.2, 0) is 0 Å². The number of nitrogen functional groups attached to an aromatic ring is 1. The van der Waals surface area contributed by atoms with Crippen LogP contribution >= 0.6 is 11.8 Å². The molecule has 17 heavy (non-hydrogen) atoms. The molecule has 0 spiro atoms. The van der Waals surface area contributed by atoms with E-state index in [4.69, 9.17) is 5.73 Å². The van der Waals surface area contributed by atoms with Gasteiger partial charge in [0.15, 0.2) is 0 Å². The highest BCUT2D eigenvalue weighted by atomic mass is 32.2. The van der Waals surface area contributed by atoms with E-state index in [1.54, 1.807) is 24.3 Å².